The summed E-state index contributed by atoms with van der Waals surface area (Å²) in [6.07, 6.45) is 0. The number of carbonyl (C=O) groups is 1. The van der Waals surface area contributed by atoms with Gasteiger partial charge in [0.25, 0.3) is 0 Å². The van der Waals surface area contributed by atoms with Crippen molar-refractivity contribution in [2.75, 3.05) is 11.8 Å². The van der Waals surface area contributed by atoms with Crippen LogP contribution in [0, 0.1) is 0 Å². The third-order valence-electron chi connectivity index (χ3n) is 0.674. The van der Waals surface area contributed by atoms with Gasteiger partial charge in [0, 0.05) is 0 Å². The molecule has 0 saturated carbocycles. The summed E-state index contributed by atoms with van der Waals surface area (Å²) < 4.78 is 4.60. The van der Waals surface area contributed by atoms with Gasteiger partial charge in [-0.1, -0.05) is 11.6 Å². The molecule has 0 aromatic carbocycles. The monoisotopic (exact) mass is 204 g/mol. The molecule has 1 unspecified atom stereocenters. The van der Waals surface area contributed by atoms with E-state index >= 15 is 0 Å². The van der Waals surface area contributed by atoms with Gasteiger partial charge in [-0.05, 0) is 6.92 Å². The van der Waals surface area contributed by atoms with Crippen molar-refractivity contribution < 1.29 is 9.53 Å². The van der Waals surface area contributed by atoms with Crippen LogP contribution in [0.5, 0.6) is 0 Å². The summed E-state index contributed by atoms with van der Waals surface area (Å²) in [7, 11) is 0. The van der Waals surface area contributed by atoms with E-state index in [1.54, 1.807) is 0 Å². The Morgan fingerprint density at radius 3 is 2.40 bits per heavy atom. The average Bonchev–Trinajstić information content (AvgIpc) is 1.87. The van der Waals surface area contributed by atoms with Crippen molar-refractivity contribution in [3.05, 3.63) is 0 Å². The summed E-state index contributed by atoms with van der Waals surface area (Å²) in [5.74, 6) is -0.740. The lowest BCUT2D eigenvalue weighted by molar-refractivity contribution is -0.146. The lowest BCUT2D eigenvalue weighted by Gasteiger charge is -2.18. The van der Waals surface area contributed by atoms with Crippen LogP contribution in [0.2, 0.25) is 0 Å². The van der Waals surface area contributed by atoms with E-state index in [0.717, 1.165) is 0 Å². The first-order chi connectivity index (χ1) is 4.52. The first kappa shape index (κ1) is 10.3. The van der Waals surface area contributed by atoms with Gasteiger partial charge in [0.1, 0.15) is 5.88 Å². The van der Waals surface area contributed by atoms with Crippen LogP contribution in [-0.2, 0) is 9.53 Å². The van der Waals surface area contributed by atoms with Crippen LogP contribution in [0.1, 0.15) is 6.92 Å². The van der Waals surface area contributed by atoms with Crippen molar-refractivity contribution in [3.8, 4) is 0 Å². The number of hydrogen-bond donors (Lipinski definition) is 0. The molecular weight excluding hydrogens is 198 g/mol. The maximum absolute atomic E-state index is 10.5. The summed E-state index contributed by atoms with van der Waals surface area (Å²) >= 11 is 16.0. The Bertz CT molecular complexity index is 124. The zero-order valence-electron chi connectivity index (χ0n) is 5.36. The Labute approximate surface area is 74.4 Å². The minimum atomic E-state index is -1.13. The zero-order chi connectivity index (χ0) is 8.20. The van der Waals surface area contributed by atoms with E-state index in [9.17, 15) is 4.79 Å². The van der Waals surface area contributed by atoms with Crippen LogP contribution in [-0.4, -0.2) is 22.8 Å². The van der Waals surface area contributed by atoms with E-state index in [4.69, 9.17) is 34.8 Å². The maximum atomic E-state index is 10.5. The second-order valence-electron chi connectivity index (χ2n) is 1.84. The number of carbonyl (C=O) groups excluding carboxylic acids is 1. The van der Waals surface area contributed by atoms with E-state index in [-0.39, 0.29) is 11.8 Å². The van der Waals surface area contributed by atoms with E-state index in [1.807, 2.05) is 0 Å². The molecule has 5 heteroatoms. The molecular formula is C5H7Cl3O2. The van der Waals surface area contributed by atoms with Crippen molar-refractivity contribution in [2.45, 2.75) is 12.0 Å². The van der Waals surface area contributed by atoms with Crippen molar-refractivity contribution in [3.63, 3.8) is 0 Å². The Kier molecular flexibility index (Phi) is 4.41. The molecule has 2 nitrogen and oxygen atoms in total. The van der Waals surface area contributed by atoms with Crippen molar-refractivity contribution in [2.24, 2.45) is 0 Å². The minimum absolute atomic E-state index is 0.0389. The molecule has 10 heavy (non-hydrogen) atoms. The fourth-order valence-corrected chi connectivity index (χ4v) is 0.487. The van der Waals surface area contributed by atoms with Crippen molar-refractivity contribution >= 4 is 40.8 Å². The van der Waals surface area contributed by atoms with Gasteiger partial charge < -0.3 is 4.74 Å². The molecule has 0 aromatic rings. The molecule has 0 rings (SSSR count). The van der Waals surface area contributed by atoms with Crippen LogP contribution < -0.4 is 0 Å². The molecule has 0 aliphatic heterocycles. The van der Waals surface area contributed by atoms with E-state index < -0.39 is 11.0 Å². The van der Waals surface area contributed by atoms with E-state index in [1.165, 1.54) is 6.92 Å². The largest absolute Gasteiger partial charge is 0.441 e. The fraction of sp³-hybridized carbons (Fsp3) is 0.800. The number of rotatable bonds is 3. The number of halogens is 3. The Morgan fingerprint density at radius 1 is 1.60 bits per heavy atom. The summed E-state index contributed by atoms with van der Waals surface area (Å²) in [4.78, 5) is 10.5. The molecule has 0 aliphatic carbocycles. The molecule has 0 saturated heterocycles. The topological polar surface area (TPSA) is 26.3 Å². The predicted octanol–water partition coefficient (Wildman–Crippen LogP) is 1.96. The summed E-state index contributed by atoms with van der Waals surface area (Å²) in [5, 5.41) is -1.13. The number of alkyl halides is 3. The maximum Gasteiger partial charge on any atom is 0.322 e. The van der Waals surface area contributed by atoms with Gasteiger partial charge in [0.2, 0.25) is 0 Å². The van der Waals surface area contributed by atoms with E-state index in [0.29, 0.717) is 0 Å². The molecule has 1 atom stereocenters. The van der Waals surface area contributed by atoms with Gasteiger partial charge in [0.05, 0.1) is 5.88 Å². The fourth-order valence-electron chi connectivity index (χ4n) is 0.292. The van der Waals surface area contributed by atoms with E-state index in [2.05, 4.69) is 4.74 Å². The van der Waals surface area contributed by atoms with Crippen LogP contribution >= 0.6 is 34.8 Å². The van der Waals surface area contributed by atoms with Gasteiger partial charge in [-0.3, -0.25) is 4.79 Å². The second kappa shape index (κ2) is 4.27. The molecule has 0 N–H and O–H groups in total. The van der Waals surface area contributed by atoms with Crippen molar-refractivity contribution in [1.82, 2.24) is 0 Å². The van der Waals surface area contributed by atoms with Gasteiger partial charge >= 0.3 is 5.97 Å². The number of hydrogen-bond acceptors (Lipinski definition) is 2. The molecule has 0 radical (unpaired) electrons. The first-order valence-corrected chi connectivity index (χ1v) is 3.99. The molecule has 0 aliphatic rings. The highest BCUT2D eigenvalue weighted by Crippen LogP contribution is 2.17. The summed E-state index contributed by atoms with van der Waals surface area (Å²) in [6.45, 7) is 1.49. The number of esters is 1. The van der Waals surface area contributed by atoms with Gasteiger partial charge in [0.15, 0.2) is 5.06 Å². The Hall–Kier alpha value is 0.340. The molecule has 0 fully saturated rings. The number of ether oxygens (including phenoxy) is 1. The highest BCUT2D eigenvalue weighted by atomic mass is 35.5. The molecule has 0 spiro atoms. The molecule has 0 bridgehead atoms. The van der Waals surface area contributed by atoms with Crippen molar-refractivity contribution in [1.29, 1.82) is 0 Å². The Morgan fingerprint density at radius 2 is 2.10 bits per heavy atom. The SMILES string of the molecule is CC(Cl)(CCl)OC(=O)CCl. The normalized spacial score (nSPS) is 16.0. The second-order valence-corrected chi connectivity index (χ2v) is 3.18. The molecule has 0 amide bonds. The Balaban J connectivity index is 3.76. The third kappa shape index (κ3) is 4.20. The highest BCUT2D eigenvalue weighted by Gasteiger charge is 2.23. The lowest BCUT2D eigenvalue weighted by atomic mass is 10.4. The van der Waals surface area contributed by atoms with Gasteiger partial charge in [-0.25, -0.2) is 0 Å². The quantitative estimate of drug-likeness (QED) is 0.520. The van der Waals surface area contributed by atoms with Gasteiger partial charge in [-0.15, -0.1) is 23.2 Å². The molecule has 60 valence electrons. The average molecular weight is 205 g/mol. The third-order valence-corrected chi connectivity index (χ3v) is 1.75. The summed E-state index contributed by atoms with van der Waals surface area (Å²) in [6, 6.07) is 0. The lowest BCUT2D eigenvalue weighted by Crippen LogP contribution is -2.27. The summed E-state index contributed by atoms with van der Waals surface area (Å²) in [5.41, 5.74) is 0. The van der Waals surface area contributed by atoms with Crippen LogP contribution in [0.25, 0.3) is 0 Å². The van der Waals surface area contributed by atoms with Crippen LogP contribution in [0.3, 0.4) is 0 Å². The smallest absolute Gasteiger partial charge is 0.322 e. The minimum Gasteiger partial charge on any atom is -0.441 e. The standard InChI is InChI=1S/C5H7Cl3O2/c1-5(8,3-7)10-4(9)2-6/h2-3H2,1H3. The van der Waals surface area contributed by atoms with Gasteiger partial charge in [-0.2, -0.15) is 0 Å². The first-order valence-electron chi connectivity index (χ1n) is 2.54. The zero-order valence-corrected chi connectivity index (χ0v) is 7.63. The molecule has 0 heterocycles. The molecule has 0 aromatic heterocycles. The van der Waals surface area contributed by atoms with Crippen LogP contribution in [0.15, 0.2) is 0 Å². The van der Waals surface area contributed by atoms with Crippen LogP contribution in [0.4, 0.5) is 0 Å². The predicted molar refractivity (Wildman–Crippen MR) is 41.8 cm³/mol. The highest BCUT2D eigenvalue weighted by molar-refractivity contribution is 6.31.